The first-order valence-corrected chi connectivity index (χ1v) is 4.49. The number of carboxylic acid groups (broad SMARTS) is 2. The molecule has 0 aromatic rings. The van der Waals surface area contributed by atoms with E-state index in [4.69, 9.17) is 10.2 Å². The normalized spacial score (nSPS) is 13.2. The molecule has 0 bridgehead atoms. The average Bonchev–Trinajstić information content (AvgIpc) is 2.01. The monoisotopic (exact) mass is 203 g/mol. The maximum Gasteiger partial charge on any atom is 0.308 e. The van der Waals surface area contributed by atoms with Crippen molar-refractivity contribution in [1.82, 2.24) is 4.90 Å². The second kappa shape index (κ2) is 5.59. The van der Waals surface area contributed by atoms with Gasteiger partial charge in [0.05, 0.1) is 12.3 Å². The van der Waals surface area contributed by atoms with Gasteiger partial charge >= 0.3 is 11.9 Å². The summed E-state index contributed by atoms with van der Waals surface area (Å²) in [5, 5.41) is 17.3. The molecule has 1 unspecified atom stereocenters. The third-order valence-electron chi connectivity index (χ3n) is 2.16. The lowest BCUT2D eigenvalue weighted by molar-refractivity contribution is -0.149. The van der Waals surface area contributed by atoms with Crippen LogP contribution in [0.3, 0.4) is 0 Å². The van der Waals surface area contributed by atoms with Gasteiger partial charge in [-0.2, -0.15) is 0 Å². The summed E-state index contributed by atoms with van der Waals surface area (Å²) in [5.74, 6) is -2.96. The van der Waals surface area contributed by atoms with E-state index < -0.39 is 17.9 Å². The van der Waals surface area contributed by atoms with Crippen LogP contribution in [0.25, 0.3) is 0 Å². The number of rotatable bonds is 6. The smallest absolute Gasteiger partial charge is 0.308 e. The Balaban J connectivity index is 4.23. The van der Waals surface area contributed by atoms with Crippen LogP contribution in [0.5, 0.6) is 0 Å². The molecular formula is C9H17NO4. The lowest BCUT2D eigenvalue weighted by Gasteiger charge is -2.23. The molecule has 0 aliphatic heterocycles. The Hall–Kier alpha value is -1.10. The number of carbonyl (C=O) groups is 2. The fraction of sp³-hybridized carbons (Fsp3) is 0.778. The number of hydrogen-bond donors (Lipinski definition) is 2. The van der Waals surface area contributed by atoms with E-state index in [1.54, 1.807) is 7.05 Å². The number of hydrogen-bond acceptors (Lipinski definition) is 3. The summed E-state index contributed by atoms with van der Waals surface area (Å²) in [4.78, 5) is 22.9. The van der Waals surface area contributed by atoms with E-state index in [-0.39, 0.29) is 19.0 Å². The summed E-state index contributed by atoms with van der Waals surface area (Å²) in [7, 11) is 1.78. The van der Waals surface area contributed by atoms with Crippen molar-refractivity contribution in [3.8, 4) is 0 Å². The fourth-order valence-corrected chi connectivity index (χ4v) is 0.999. The van der Waals surface area contributed by atoms with Crippen LogP contribution >= 0.6 is 0 Å². The molecule has 14 heavy (non-hydrogen) atoms. The zero-order valence-corrected chi connectivity index (χ0v) is 8.73. The summed E-state index contributed by atoms with van der Waals surface area (Å²) in [6.45, 7) is 4.12. The minimum atomic E-state index is -1.07. The summed E-state index contributed by atoms with van der Waals surface area (Å²) in [5.41, 5.74) is 0. The van der Waals surface area contributed by atoms with Crippen molar-refractivity contribution in [2.45, 2.75) is 26.3 Å². The molecule has 0 amide bonds. The number of aliphatic carboxylic acids is 2. The highest BCUT2D eigenvalue weighted by atomic mass is 16.4. The first kappa shape index (κ1) is 12.9. The van der Waals surface area contributed by atoms with E-state index in [1.165, 1.54) is 0 Å². The number of carboxylic acids is 2. The topological polar surface area (TPSA) is 77.8 Å². The molecule has 0 aromatic carbocycles. The lowest BCUT2D eigenvalue weighted by Crippen LogP contribution is -2.35. The highest BCUT2D eigenvalue weighted by molar-refractivity contribution is 5.77. The lowest BCUT2D eigenvalue weighted by atomic mass is 10.1. The summed E-state index contributed by atoms with van der Waals surface area (Å²) in [6.07, 6.45) is -0.327. The highest BCUT2D eigenvalue weighted by Crippen LogP contribution is 2.07. The van der Waals surface area contributed by atoms with Gasteiger partial charge in [-0.3, -0.25) is 9.59 Å². The average molecular weight is 203 g/mol. The number of nitrogens with zero attached hydrogens (tertiary/aromatic N) is 1. The molecule has 0 spiro atoms. The Labute approximate surface area is 83.3 Å². The molecule has 0 fully saturated rings. The maximum atomic E-state index is 10.7. The van der Waals surface area contributed by atoms with Crippen molar-refractivity contribution in [3.63, 3.8) is 0 Å². The molecule has 0 saturated carbocycles. The van der Waals surface area contributed by atoms with Gasteiger partial charge in [0.25, 0.3) is 0 Å². The van der Waals surface area contributed by atoms with E-state index in [0.29, 0.717) is 0 Å². The Kier molecular flexibility index (Phi) is 5.15. The standard InChI is InChI=1S/C9H17NO4/c1-6(2)10(3)5-7(9(13)14)4-8(11)12/h6-7H,4-5H2,1-3H3,(H,11,12)(H,13,14). The predicted octanol–water partition coefficient (Wildman–Crippen LogP) is 0.502. The molecule has 0 saturated heterocycles. The molecule has 0 heterocycles. The SMILES string of the molecule is CC(C)N(C)CC(CC(=O)O)C(=O)O. The third kappa shape index (κ3) is 4.81. The molecule has 0 aromatic heterocycles. The van der Waals surface area contributed by atoms with Gasteiger partial charge in [0.15, 0.2) is 0 Å². The van der Waals surface area contributed by atoms with Gasteiger partial charge in [0.1, 0.15) is 0 Å². The van der Waals surface area contributed by atoms with Crippen molar-refractivity contribution in [2.75, 3.05) is 13.6 Å². The van der Waals surface area contributed by atoms with Crippen molar-refractivity contribution >= 4 is 11.9 Å². The van der Waals surface area contributed by atoms with Crippen LogP contribution < -0.4 is 0 Å². The molecule has 2 N–H and O–H groups in total. The minimum absolute atomic E-state index is 0.214. The molecule has 5 nitrogen and oxygen atoms in total. The maximum absolute atomic E-state index is 10.7. The molecule has 0 aliphatic carbocycles. The van der Waals surface area contributed by atoms with Crippen LogP contribution in [0.15, 0.2) is 0 Å². The van der Waals surface area contributed by atoms with Crippen molar-refractivity contribution in [2.24, 2.45) is 5.92 Å². The van der Waals surface area contributed by atoms with Crippen LogP contribution in [-0.4, -0.2) is 46.7 Å². The first-order chi connectivity index (χ1) is 6.34. The Morgan fingerprint density at radius 1 is 1.29 bits per heavy atom. The van der Waals surface area contributed by atoms with Crippen molar-refractivity contribution < 1.29 is 19.8 Å². The molecule has 0 rings (SSSR count). The van der Waals surface area contributed by atoms with Gasteiger partial charge in [0, 0.05) is 12.6 Å². The second-order valence-corrected chi connectivity index (χ2v) is 3.67. The predicted molar refractivity (Wildman–Crippen MR) is 51.1 cm³/mol. The second-order valence-electron chi connectivity index (χ2n) is 3.67. The van der Waals surface area contributed by atoms with E-state index in [2.05, 4.69) is 0 Å². The van der Waals surface area contributed by atoms with Gasteiger partial charge < -0.3 is 15.1 Å². The van der Waals surface area contributed by atoms with Crippen LogP contribution in [-0.2, 0) is 9.59 Å². The van der Waals surface area contributed by atoms with Gasteiger partial charge in [-0.15, -0.1) is 0 Å². The summed E-state index contributed by atoms with van der Waals surface area (Å²) < 4.78 is 0. The first-order valence-electron chi connectivity index (χ1n) is 4.49. The van der Waals surface area contributed by atoms with Crippen molar-refractivity contribution in [3.05, 3.63) is 0 Å². The van der Waals surface area contributed by atoms with E-state index in [9.17, 15) is 9.59 Å². The van der Waals surface area contributed by atoms with E-state index in [0.717, 1.165) is 0 Å². The largest absolute Gasteiger partial charge is 0.481 e. The van der Waals surface area contributed by atoms with E-state index >= 15 is 0 Å². The van der Waals surface area contributed by atoms with Crippen LogP contribution in [0.1, 0.15) is 20.3 Å². The molecule has 5 heteroatoms. The molecule has 0 aliphatic rings. The highest BCUT2D eigenvalue weighted by Gasteiger charge is 2.23. The van der Waals surface area contributed by atoms with Gasteiger partial charge in [-0.05, 0) is 20.9 Å². The van der Waals surface area contributed by atoms with Gasteiger partial charge in [-0.25, -0.2) is 0 Å². The molecule has 82 valence electrons. The van der Waals surface area contributed by atoms with Gasteiger partial charge in [-0.1, -0.05) is 0 Å². The van der Waals surface area contributed by atoms with Crippen molar-refractivity contribution in [1.29, 1.82) is 0 Å². The summed E-state index contributed by atoms with van der Waals surface area (Å²) in [6, 6.07) is 0.214. The zero-order chi connectivity index (χ0) is 11.3. The minimum Gasteiger partial charge on any atom is -0.481 e. The molecule has 0 radical (unpaired) electrons. The Morgan fingerprint density at radius 3 is 2.07 bits per heavy atom. The quantitative estimate of drug-likeness (QED) is 0.657. The fourth-order valence-electron chi connectivity index (χ4n) is 0.999. The molecule has 1 atom stereocenters. The van der Waals surface area contributed by atoms with E-state index in [1.807, 2.05) is 18.7 Å². The Bertz CT molecular complexity index is 215. The van der Waals surface area contributed by atoms with Crippen LogP contribution in [0.2, 0.25) is 0 Å². The Morgan fingerprint density at radius 2 is 1.79 bits per heavy atom. The summed E-state index contributed by atoms with van der Waals surface area (Å²) >= 11 is 0. The zero-order valence-electron chi connectivity index (χ0n) is 8.73. The third-order valence-corrected chi connectivity index (χ3v) is 2.16. The van der Waals surface area contributed by atoms with Crippen LogP contribution in [0, 0.1) is 5.92 Å². The van der Waals surface area contributed by atoms with Crippen LogP contribution in [0.4, 0.5) is 0 Å². The molecular weight excluding hydrogens is 186 g/mol. The van der Waals surface area contributed by atoms with Gasteiger partial charge in [0.2, 0.25) is 0 Å².